The van der Waals surface area contributed by atoms with Crippen LogP contribution in [0.1, 0.15) is 40.0 Å². The van der Waals surface area contributed by atoms with Crippen molar-refractivity contribution in [2.24, 2.45) is 0 Å². The van der Waals surface area contributed by atoms with Crippen LogP contribution >= 0.6 is 0 Å². The number of nitrogens with one attached hydrogen (secondary N) is 2. The minimum absolute atomic E-state index is 0.0598. The third-order valence-corrected chi connectivity index (χ3v) is 5.23. The van der Waals surface area contributed by atoms with Crippen molar-refractivity contribution in [2.75, 3.05) is 11.9 Å². The SMILES string of the molecule is CCCNC(=O)c1ncccc1Oc1ccc(NC(=O)c2nnn(-c3ccc(F)c(F)c3)c2C(F)(F)F)cc1F. The van der Waals surface area contributed by atoms with E-state index in [1.54, 1.807) is 0 Å². The molecule has 0 bridgehead atoms. The van der Waals surface area contributed by atoms with Crippen LogP contribution in [0.3, 0.4) is 0 Å². The van der Waals surface area contributed by atoms with Gasteiger partial charge in [-0.3, -0.25) is 9.59 Å². The van der Waals surface area contributed by atoms with Crippen molar-refractivity contribution in [3.05, 3.63) is 89.3 Å². The summed E-state index contributed by atoms with van der Waals surface area (Å²) in [6, 6.07) is 7.70. The van der Waals surface area contributed by atoms with Crippen molar-refractivity contribution in [3.63, 3.8) is 0 Å². The second-order valence-corrected chi connectivity index (χ2v) is 8.10. The predicted octanol–water partition coefficient (Wildman–Crippen LogP) is 5.28. The Morgan fingerprint density at radius 3 is 2.38 bits per heavy atom. The van der Waals surface area contributed by atoms with Gasteiger partial charge in [0.25, 0.3) is 11.8 Å². The maximum Gasteiger partial charge on any atom is 0.435 e. The Morgan fingerprint density at radius 2 is 1.70 bits per heavy atom. The fraction of sp³-hybridized carbons (Fsp3) is 0.160. The number of carbonyl (C=O) groups is 2. The number of nitrogens with zero attached hydrogens (tertiary/aromatic N) is 4. The molecule has 0 saturated heterocycles. The van der Waals surface area contributed by atoms with Gasteiger partial charge in [-0.05, 0) is 42.8 Å². The average molecular weight is 564 g/mol. The van der Waals surface area contributed by atoms with Crippen LogP contribution in [0.4, 0.5) is 32.0 Å². The van der Waals surface area contributed by atoms with Gasteiger partial charge in [-0.25, -0.2) is 22.8 Å². The summed E-state index contributed by atoms with van der Waals surface area (Å²) in [5.41, 5.74) is -3.77. The largest absolute Gasteiger partial charge is 0.452 e. The lowest BCUT2D eigenvalue weighted by Crippen LogP contribution is -2.25. The van der Waals surface area contributed by atoms with Crippen LogP contribution in [0.5, 0.6) is 11.5 Å². The maximum absolute atomic E-state index is 14.8. The van der Waals surface area contributed by atoms with Crippen molar-refractivity contribution in [3.8, 4) is 17.2 Å². The van der Waals surface area contributed by atoms with E-state index in [0.29, 0.717) is 25.1 Å². The van der Waals surface area contributed by atoms with E-state index < -0.39 is 52.5 Å². The van der Waals surface area contributed by atoms with Gasteiger partial charge < -0.3 is 15.4 Å². The third kappa shape index (κ3) is 6.03. The molecular weight excluding hydrogens is 546 g/mol. The van der Waals surface area contributed by atoms with Gasteiger partial charge in [0.05, 0.1) is 5.69 Å². The maximum atomic E-state index is 14.8. The molecule has 2 aromatic heterocycles. The first-order valence-electron chi connectivity index (χ1n) is 11.5. The molecule has 0 aliphatic rings. The van der Waals surface area contributed by atoms with E-state index in [0.717, 1.165) is 24.3 Å². The molecule has 0 radical (unpaired) electrons. The number of anilines is 1. The summed E-state index contributed by atoms with van der Waals surface area (Å²) in [5, 5.41) is 11.2. The van der Waals surface area contributed by atoms with Gasteiger partial charge in [0.1, 0.15) is 0 Å². The molecule has 2 heterocycles. The smallest absolute Gasteiger partial charge is 0.435 e. The zero-order valence-corrected chi connectivity index (χ0v) is 20.4. The molecule has 9 nitrogen and oxygen atoms in total. The molecule has 2 amide bonds. The second-order valence-electron chi connectivity index (χ2n) is 8.10. The highest BCUT2D eigenvalue weighted by Gasteiger charge is 2.42. The number of benzene rings is 2. The molecule has 0 spiro atoms. The summed E-state index contributed by atoms with van der Waals surface area (Å²) >= 11 is 0. The molecule has 4 rings (SSSR count). The van der Waals surface area contributed by atoms with Gasteiger partial charge in [0, 0.05) is 30.6 Å². The highest BCUT2D eigenvalue weighted by Crippen LogP contribution is 2.34. The third-order valence-electron chi connectivity index (χ3n) is 5.23. The number of aromatic nitrogens is 4. The summed E-state index contributed by atoms with van der Waals surface area (Å²) in [6.07, 6.45) is -3.17. The zero-order valence-electron chi connectivity index (χ0n) is 20.4. The molecule has 208 valence electrons. The topological polar surface area (TPSA) is 111 Å². The Bertz CT molecular complexity index is 1570. The summed E-state index contributed by atoms with van der Waals surface area (Å²) in [4.78, 5) is 28.9. The first-order chi connectivity index (χ1) is 19.0. The molecule has 40 heavy (non-hydrogen) atoms. The monoisotopic (exact) mass is 564 g/mol. The number of hydrogen-bond acceptors (Lipinski definition) is 6. The van der Waals surface area contributed by atoms with Crippen LogP contribution in [0.25, 0.3) is 5.69 Å². The van der Waals surface area contributed by atoms with Gasteiger partial charge in [0.15, 0.2) is 46.0 Å². The van der Waals surface area contributed by atoms with Crippen molar-refractivity contribution in [1.82, 2.24) is 25.3 Å². The first kappa shape index (κ1) is 28.1. The summed E-state index contributed by atoms with van der Waals surface area (Å²) in [7, 11) is 0. The Kier molecular flexibility index (Phi) is 8.02. The Morgan fingerprint density at radius 1 is 0.925 bits per heavy atom. The van der Waals surface area contributed by atoms with Gasteiger partial charge in [0.2, 0.25) is 0 Å². The molecule has 0 fully saturated rings. The molecule has 2 N–H and O–H groups in total. The van der Waals surface area contributed by atoms with Crippen LogP contribution in [0.2, 0.25) is 0 Å². The molecule has 0 unspecified atom stereocenters. The van der Waals surface area contributed by atoms with Gasteiger partial charge >= 0.3 is 6.18 Å². The van der Waals surface area contributed by atoms with Crippen LogP contribution in [-0.4, -0.2) is 38.3 Å². The minimum atomic E-state index is -5.19. The number of pyridine rings is 1. The van der Waals surface area contributed by atoms with Gasteiger partial charge in [-0.15, -0.1) is 5.10 Å². The summed E-state index contributed by atoms with van der Waals surface area (Å²) in [5.74, 6) is -6.14. The lowest BCUT2D eigenvalue weighted by molar-refractivity contribution is -0.143. The minimum Gasteiger partial charge on any atom is -0.452 e. The number of ether oxygens (including phenoxy) is 1. The van der Waals surface area contributed by atoms with Crippen LogP contribution in [-0.2, 0) is 6.18 Å². The number of amides is 2. The molecule has 2 aromatic carbocycles. The fourth-order valence-corrected chi connectivity index (χ4v) is 3.42. The van der Waals surface area contributed by atoms with Crippen LogP contribution < -0.4 is 15.4 Å². The Balaban J connectivity index is 1.57. The molecule has 0 saturated carbocycles. The Labute approximate surface area is 221 Å². The van der Waals surface area contributed by atoms with Gasteiger partial charge in [-0.2, -0.15) is 13.2 Å². The number of halogens is 6. The average Bonchev–Trinajstić information content (AvgIpc) is 3.37. The van der Waals surface area contributed by atoms with Crippen molar-refractivity contribution in [1.29, 1.82) is 0 Å². The van der Waals surface area contributed by atoms with E-state index in [1.807, 2.05) is 6.92 Å². The van der Waals surface area contributed by atoms with E-state index in [-0.39, 0.29) is 27.6 Å². The normalized spacial score (nSPS) is 11.3. The van der Waals surface area contributed by atoms with Crippen molar-refractivity contribution < 1.29 is 40.7 Å². The molecular formula is C25H18F6N6O3. The molecule has 0 atom stereocenters. The molecule has 0 aliphatic carbocycles. The predicted molar refractivity (Wildman–Crippen MR) is 128 cm³/mol. The van der Waals surface area contributed by atoms with Crippen LogP contribution in [0, 0.1) is 17.5 Å². The molecule has 15 heteroatoms. The highest BCUT2D eigenvalue weighted by atomic mass is 19.4. The summed E-state index contributed by atoms with van der Waals surface area (Å²) in [6.45, 7) is 2.23. The van der Waals surface area contributed by atoms with E-state index in [1.165, 1.54) is 18.3 Å². The lowest BCUT2D eigenvalue weighted by Gasteiger charge is -2.13. The quantitative estimate of drug-likeness (QED) is 0.282. The molecule has 4 aromatic rings. The van der Waals surface area contributed by atoms with Crippen molar-refractivity contribution >= 4 is 17.5 Å². The lowest BCUT2D eigenvalue weighted by atomic mass is 10.2. The van der Waals surface area contributed by atoms with E-state index >= 15 is 0 Å². The molecule has 0 aliphatic heterocycles. The summed E-state index contributed by atoms with van der Waals surface area (Å²) < 4.78 is 88.8. The van der Waals surface area contributed by atoms with E-state index in [4.69, 9.17) is 4.74 Å². The standard InChI is InChI=1S/C25H18F6N6O3/c1-2-9-33-23(38)20-19(4-3-10-32-20)40-18-8-5-13(11-17(18)28)34-24(39)21-22(25(29,30)31)37(36-35-21)14-6-7-15(26)16(27)12-14/h3-8,10-12H,2,9H2,1H3,(H,33,38)(H,34,39). The highest BCUT2D eigenvalue weighted by molar-refractivity contribution is 6.03. The number of alkyl halides is 3. The fourth-order valence-electron chi connectivity index (χ4n) is 3.42. The van der Waals surface area contributed by atoms with E-state index in [2.05, 4.69) is 25.9 Å². The number of hydrogen-bond donors (Lipinski definition) is 2. The van der Waals surface area contributed by atoms with E-state index in [9.17, 15) is 35.9 Å². The van der Waals surface area contributed by atoms with Crippen molar-refractivity contribution in [2.45, 2.75) is 19.5 Å². The van der Waals surface area contributed by atoms with Gasteiger partial charge in [-0.1, -0.05) is 12.1 Å². The zero-order chi connectivity index (χ0) is 29.0. The number of carbonyl (C=O) groups excluding carboxylic acids is 2. The Hall–Kier alpha value is -4.95. The van der Waals surface area contributed by atoms with Crippen LogP contribution in [0.15, 0.2) is 54.7 Å². The first-order valence-corrected chi connectivity index (χ1v) is 11.5. The second kappa shape index (κ2) is 11.4. The number of rotatable bonds is 8.